The van der Waals surface area contributed by atoms with Crippen LogP contribution in [0.2, 0.25) is 0 Å². The van der Waals surface area contributed by atoms with E-state index < -0.39 is 24.0 Å². The number of halogens is 1. The Morgan fingerprint density at radius 1 is 0.643 bits per heavy atom. The number of aryl methyl sites for hydroxylation is 2. The number of thiophene rings is 1. The van der Waals surface area contributed by atoms with Crippen LogP contribution in [-0.2, 0) is 28.7 Å². The second-order valence-corrected chi connectivity index (χ2v) is 20.2. The normalized spacial score (nSPS) is 15.9. The number of hydrogen-bond donors (Lipinski definition) is 6. The van der Waals surface area contributed by atoms with E-state index in [1.807, 2.05) is 24.6 Å². The first-order valence-electron chi connectivity index (χ1n) is 26.1. The van der Waals surface area contributed by atoms with Crippen molar-refractivity contribution < 1.29 is 62.5 Å². The number of nitrogens with zero attached hydrogens (tertiary/aromatic N) is 8. The number of aromatic nitrogens is 4. The van der Waals surface area contributed by atoms with Crippen LogP contribution in [0.4, 0.5) is 47.6 Å². The Morgan fingerprint density at radius 3 is 1.76 bits per heavy atom. The van der Waals surface area contributed by atoms with Crippen LogP contribution in [0.15, 0.2) is 108 Å². The average molecular weight is 1240 g/mol. The number of hydrogen-bond acceptors (Lipinski definition) is 16. The third kappa shape index (κ3) is 17.2. The summed E-state index contributed by atoms with van der Waals surface area (Å²) in [5.41, 5.74) is 7.64. The topological polar surface area (TPSA) is 328 Å². The maximum Gasteiger partial charge on any atom is 0.339 e. The molecule has 0 bridgehead atoms. The molecule has 442 valence electrons. The Morgan fingerprint density at radius 2 is 1.23 bits per heavy atom. The number of carbonyl (C=O) groups is 10. The Kier molecular flexibility index (Phi) is 22.7. The summed E-state index contributed by atoms with van der Waals surface area (Å²) in [6.45, 7) is 21.5. The van der Waals surface area contributed by atoms with Crippen molar-refractivity contribution in [3.63, 3.8) is 0 Å². The van der Waals surface area contributed by atoms with Gasteiger partial charge in [-0.05, 0) is 79.5 Å². The predicted octanol–water partition coefficient (Wildman–Crippen LogP) is 7.72. The van der Waals surface area contributed by atoms with E-state index in [1.54, 1.807) is 71.8 Å². The number of rotatable bonds is 11. The number of imide groups is 2. The van der Waals surface area contributed by atoms with Gasteiger partial charge in [-0.25, -0.2) is 28.8 Å². The van der Waals surface area contributed by atoms with Gasteiger partial charge in [-0.2, -0.15) is 5.10 Å². The van der Waals surface area contributed by atoms with Gasteiger partial charge in [0.05, 0.1) is 76.1 Å². The average Bonchev–Trinajstić information content (AvgIpc) is 3.91. The molecule has 4 aromatic heterocycles. The van der Waals surface area contributed by atoms with Crippen molar-refractivity contribution in [2.75, 3.05) is 70.4 Å². The van der Waals surface area contributed by atoms with Crippen molar-refractivity contribution >= 4 is 121 Å². The number of esters is 1. The number of ketones is 1. The number of Topliss-reactive ketones (excluding diaryl/α,β-unsaturated/α-hetero) is 1. The lowest BCUT2D eigenvalue weighted by Gasteiger charge is -2.28. The highest BCUT2D eigenvalue weighted by atomic mass is 79.9. The predicted molar refractivity (Wildman–Crippen MR) is 315 cm³/mol. The lowest BCUT2D eigenvalue weighted by atomic mass is 10.1. The highest BCUT2D eigenvalue weighted by molar-refractivity contribution is 9.10. The molecule has 0 saturated carbocycles. The molecule has 84 heavy (non-hydrogen) atoms. The number of anilines is 5. The molecule has 9 heterocycles. The van der Waals surface area contributed by atoms with Gasteiger partial charge in [0.2, 0.25) is 17.7 Å². The maximum atomic E-state index is 11.9. The molecule has 1 aromatic carbocycles. The number of carboxylic acids is 1. The van der Waals surface area contributed by atoms with Gasteiger partial charge in [-0.1, -0.05) is 19.7 Å². The lowest BCUT2D eigenvalue weighted by molar-refractivity contribution is -0.129. The first-order valence-corrected chi connectivity index (χ1v) is 27.8. The standard InChI is InChI=1S/C14H17N3O3.C13H14N2O4.C12H12N2O4.C9H9BrN2OS.C8H10N4O/c1-4-20-10(3)11-7-12(9(2)15-8-11)17-6-5-13(18)16-14(17)19;1-2-19-13(18)9-5-10(8-14-7-9)15-4-3-11(16)6-12(15)17;1-7-6-8(11(16)17)2-3-9(7)14-5-4-10(15)13-12(14)18;1-6-2-3-12(9(13)11-6)8-5-14-4-7(8)10;1-6-2-3-12(8(13)11-6)7-4-9-10-5-7/h7-8H,3-6H2,1-2H3,(H,16,18,19);5,7-8H,2-4,6H2,1H3;2-3,6H,4-5H2,1H3,(H,16,17)(H,13,15,18);4-5H,1-3H2,(H,11,13);4-5H,1-3H2,(H,9,10)(H,11,13). The summed E-state index contributed by atoms with van der Waals surface area (Å²) in [6, 6.07) is 6.74. The number of carboxylic acid groups (broad SMARTS) is 1. The van der Waals surface area contributed by atoms with Crippen molar-refractivity contribution in [2.45, 2.75) is 66.2 Å². The van der Waals surface area contributed by atoms with Gasteiger partial charge in [0.15, 0.2) is 0 Å². The van der Waals surface area contributed by atoms with Crippen LogP contribution in [0, 0.1) is 13.8 Å². The quantitative estimate of drug-likeness (QED) is 0.0419. The van der Waals surface area contributed by atoms with Crippen molar-refractivity contribution in [3.05, 3.63) is 136 Å². The fourth-order valence-electron chi connectivity index (χ4n) is 8.37. The van der Waals surface area contributed by atoms with E-state index in [1.165, 1.54) is 39.2 Å². The van der Waals surface area contributed by atoms with Crippen LogP contribution >= 0.6 is 27.3 Å². The number of H-pyrrole nitrogens is 1. The van der Waals surface area contributed by atoms with Gasteiger partial charge in [0.1, 0.15) is 11.5 Å². The molecule has 28 heteroatoms. The summed E-state index contributed by atoms with van der Waals surface area (Å²) in [4.78, 5) is 130. The summed E-state index contributed by atoms with van der Waals surface area (Å²) >= 11 is 4.98. The molecule has 5 fully saturated rings. The Bertz CT molecular complexity index is 3370. The molecule has 0 atom stereocenters. The van der Waals surface area contributed by atoms with E-state index in [-0.39, 0.29) is 67.0 Å². The summed E-state index contributed by atoms with van der Waals surface area (Å²) in [7, 11) is 0. The van der Waals surface area contributed by atoms with Crippen LogP contribution in [0.3, 0.4) is 0 Å². The third-order valence-corrected chi connectivity index (χ3v) is 14.3. The molecule has 6 N–H and O–H groups in total. The van der Waals surface area contributed by atoms with Crippen LogP contribution in [-0.4, -0.2) is 131 Å². The van der Waals surface area contributed by atoms with E-state index in [9.17, 15) is 47.9 Å². The van der Waals surface area contributed by atoms with Crippen molar-refractivity contribution in [1.82, 2.24) is 41.4 Å². The number of pyridine rings is 2. The smallest absolute Gasteiger partial charge is 0.339 e. The summed E-state index contributed by atoms with van der Waals surface area (Å²) in [6.07, 6.45) is 10.2. The van der Waals surface area contributed by atoms with Crippen LogP contribution in [0.5, 0.6) is 0 Å². The second kappa shape index (κ2) is 29.9. The fraction of sp³-hybridized carbons (Fsp3) is 0.304. The Hall–Kier alpha value is -9.57. The molecular formula is C56H62BrN13O13S. The SMILES string of the molecule is C=C(OCC)c1cnc(C)c(N2CCC(=O)NC2=O)c1.C=C1CCN(c2cn[nH]c2)C(=O)N1.C=C1CCN(c2cscc2Br)C(=O)N1.CCOC(=O)c1cncc(N2CCC(=O)CC2=O)c1.Cc1cc(C(=O)O)ccc1N1CCC(=O)NC1=O. The van der Waals surface area contributed by atoms with Crippen LogP contribution in [0.25, 0.3) is 5.76 Å². The van der Waals surface area contributed by atoms with E-state index in [0.29, 0.717) is 85.4 Å². The zero-order valence-electron chi connectivity index (χ0n) is 46.5. The van der Waals surface area contributed by atoms with Crippen molar-refractivity contribution in [2.24, 2.45) is 0 Å². The number of ether oxygens (including phenoxy) is 2. The van der Waals surface area contributed by atoms with E-state index >= 15 is 0 Å². The molecule has 0 aliphatic carbocycles. The highest BCUT2D eigenvalue weighted by Gasteiger charge is 2.29. The van der Waals surface area contributed by atoms with Gasteiger partial charge in [0.25, 0.3) is 0 Å². The van der Waals surface area contributed by atoms with Gasteiger partial charge in [-0.15, -0.1) is 11.3 Å². The van der Waals surface area contributed by atoms with Crippen LogP contribution in [0.1, 0.15) is 89.9 Å². The Labute approximate surface area is 495 Å². The summed E-state index contributed by atoms with van der Waals surface area (Å²) in [5, 5.41) is 29.1. The highest BCUT2D eigenvalue weighted by Crippen LogP contribution is 2.32. The molecule has 5 aromatic rings. The third-order valence-electron chi connectivity index (χ3n) is 12.7. The van der Waals surface area contributed by atoms with Crippen LogP contribution < -0.4 is 45.8 Å². The minimum Gasteiger partial charge on any atom is -0.494 e. The zero-order valence-corrected chi connectivity index (χ0v) is 48.9. The number of nitrogens with one attached hydrogen (secondary N) is 5. The van der Waals surface area contributed by atoms with Gasteiger partial charge in [0, 0.05) is 117 Å². The minimum atomic E-state index is -1.01. The number of carbonyl (C=O) groups excluding carboxylic acids is 9. The molecule has 10 rings (SSSR count). The molecule has 0 radical (unpaired) electrons. The zero-order chi connectivity index (χ0) is 61.2. The molecule has 5 aliphatic rings. The van der Waals surface area contributed by atoms with Crippen molar-refractivity contribution in [1.29, 1.82) is 0 Å². The first kappa shape index (κ1) is 63.6. The number of aromatic amines is 1. The lowest BCUT2D eigenvalue weighted by Crippen LogP contribution is -2.49. The number of aromatic carboxylic acids is 1. The molecule has 0 unspecified atom stereocenters. The fourth-order valence-corrected chi connectivity index (χ4v) is 9.86. The molecule has 26 nitrogen and oxygen atoms in total. The second-order valence-electron chi connectivity index (χ2n) is 18.6. The molecule has 11 amide bonds. The van der Waals surface area contributed by atoms with Crippen molar-refractivity contribution in [3.8, 4) is 0 Å². The number of amides is 11. The van der Waals surface area contributed by atoms with E-state index in [4.69, 9.17) is 14.6 Å². The van der Waals surface area contributed by atoms with Gasteiger partial charge >= 0.3 is 36.1 Å². The summed E-state index contributed by atoms with van der Waals surface area (Å²) < 4.78 is 11.2. The van der Waals surface area contributed by atoms with E-state index in [2.05, 4.69) is 77.1 Å². The van der Waals surface area contributed by atoms with E-state index in [0.717, 1.165) is 45.6 Å². The monoisotopic (exact) mass is 1240 g/mol. The molecule has 5 saturated heterocycles. The molecule has 0 spiro atoms. The molecule has 5 aliphatic heterocycles. The Balaban J connectivity index is 0.000000170. The number of urea groups is 4. The number of benzene rings is 1. The van der Waals surface area contributed by atoms with Gasteiger partial charge in [-0.3, -0.25) is 64.5 Å². The number of piperidine rings is 1. The maximum absolute atomic E-state index is 11.9. The largest absolute Gasteiger partial charge is 0.494 e. The minimum absolute atomic E-state index is 0.0595. The first-order chi connectivity index (χ1) is 40.1. The molecular weight excluding hydrogens is 1170 g/mol. The van der Waals surface area contributed by atoms with Gasteiger partial charge < -0.3 is 30.1 Å². The summed E-state index contributed by atoms with van der Waals surface area (Å²) in [5.74, 6) is -1.85.